The fourth-order valence-electron chi connectivity index (χ4n) is 8.45. The van der Waals surface area contributed by atoms with Gasteiger partial charge in [-0.05, 0) is 39.5 Å². The number of aliphatic hydroxyl groups excluding tert-OH is 10. The topological polar surface area (TPSA) is 373 Å². The van der Waals surface area contributed by atoms with Crippen LogP contribution in [0.25, 0.3) is 0 Å². The van der Waals surface area contributed by atoms with E-state index in [9.17, 15) is 65.4 Å². The molecule has 3 heterocycles. The Morgan fingerprint density at radius 2 is 1.30 bits per heavy atom. The predicted octanol–water partition coefficient (Wildman–Crippen LogP) is -0.518. The molecule has 3 aliphatic heterocycles. The standard InChI is InChI=1S/C51H82N4O18/c1-30-18-15-13-11-9-7-5-6-8-10-12-14-16-19-37(72-49-48(67)44(52)47(66)33(4)71-49)27-41-45(53-50(68)55-54-42(63)20-17-23-56)40(62)29-51(69,73-41)28-36(59)25-39(61)38(60)22-21-34(57)24-35(58)26-43(64)70-32(3)31(2)46(30)65/h5-16,18-19,30-41,44-49,56-62,65-67,69H,17,20-29,52H2,1-4H3,(H,54,63)(H2,53,55,68)/b6-5+,9-7+,10-8+,13-11+,14-12+,18-15+,19-16+/t30-,31-,32-,33+,34+,35+,36-,37-,38+,39+,40-,41-,44-,45+,46+,47+,48-,49-,51+/m0/s1. The fourth-order valence-corrected chi connectivity index (χ4v) is 8.45. The molecule has 3 rings (SSSR count). The second-order valence-electron chi connectivity index (χ2n) is 19.2. The number of esters is 1. The molecule has 22 heteroatoms. The molecule has 2 bridgehead atoms. The molecule has 0 unspecified atom stereocenters. The maximum Gasteiger partial charge on any atom is 0.333 e. The van der Waals surface area contributed by atoms with E-state index >= 15 is 0 Å². The van der Waals surface area contributed by atoms with Gasteiger partial charge in [-0.3, -0.25) is 15.0 Å². The van der Waals surface area contributed by atoms with E-state index in [1.54, 1.807) is 92.8 Å². The zero-order chi connectivity index (χ0) is 54.3. The van der Waals surface area contributed by atoms with E-state index in [0.29, 0.717) is 0 Å². The molecule has 0 saturated carbocycles. The summed E-state index contributed by atoms with van der Waals surface area (Å²) in [6, 6.07) is -3.50. The summed E-state index contributed by atoms with van der Waals surface area (Å²) in [5, 5.41) is 121. The Morgan fingerprint density at radius 3 is 1.92 bits per heavy atom. The van der Waals surface area contributed by atoms with Crippen molar-refractivity contribution in [3.8, 4) is 0 Å². The number of cyclic esters (lactones) is 1. The number of nitrogens with two attached hydrogens (primary N) is 1. The molecule has 3 amide bonds. The lowest BCUT2D eigenvalue weighted by Crippen LogP contribution is -2.64. The van der Waals surface area contributed by atoms with Gasteiger partial charge in [0, 0.05) is 50.5 Å². The van der Waals surface area contributed by atoms with E-state index in [1.807, 2.05) is 13.0 Å². The number of amides is 3. The molecule has 3 aliphatic rings. The Kier molecular flexibility index (Phi) is 27.9. The highest BCUT2D eigenvalue weighted by Crippen LogP contribution is 2.35. The van der Waals surface area contributed by atoms with E-state index in [4.69, 9.17) is 29.8 Å². The molecule has 22 nitrogen and oxygen atoms in total. The van der Waals surface area contributed by atoms with E-state index in [1.165, 1.54) is 6.92 Å². The van der Waals surface area contributed by atoms with Crippen LogP contribution in [0.3, 0.4) is 0 Å². The third kappa shape index (κ3) is 22.7. The zero-order valence-corrected chi connectivity index (χ0v) is 42.1. The van der Waals surface area contributed by atoms with Crippen molar-refractivity contribution in [2.45, 2.75) is 195 Å². The van der Waals surface area contributed by atoms with Crippen molar-refractivity contribution in [2.75, 3.05) is 6.61 Å². The largest absolute Gasteiger partial charge is 0.462 e. The summed E-state index contributed by atoms with van der Waals surface area (Å²) >= 11 is 0. The van der Waals surface area contributed by atoms with Crippen LogP contribution in [-0.4, -0.2) is 184 Å². The molecule has 414 valence electrons. The first-order chi connectivity index (χ1) is 34.5. The first-order valence-electron chi connectivity index (χ1n) is 25.0. The third-order valence-corrected chi connectivity index (χ3v) is 12.9. The minimum atomic E-state index is -2.34. The SMILES string of the molecule is C[C@@H]1[C@H](O)[C@@H](C)/C=C/C=C/C=C/C=C/C=C/C=C/C=C/[C@H](O[C@@H]2O[C@H](C)[C@@H](O)[C@H](N)[C@@H]2O)C[C@@H]2O[C@](O)(C[C@@H](O)C[C@@H](O)[C@H](O)CC[C@@H](O)C[C@@H](O)CC(=O)O[C@H]1C)C[C@H](O)[C@H]2NC(=O)NNC(=O)CCCO. The van der Waals surface area contributed by atoms with Crippen LogP contribution in [0.15, 0.2) is 85.1 Å². The summed E-state index contributed by atoms with van der Waals surface area (Å²) in [6.45, 7) is 6.47. The van der Waals surface area contributed by atoms with Crippen molar-refractivity contribution in [2.24, 2.45) is 17.6 Å². The number of rotatable bonds is 6. The quantitative estimate of drug-likeness (QED) is 0.118. The van der Waals surface area contributed by atoms with Gasteiger partial charge in [-0.15, -0.1) is 0 Å². The number of hydrogen-bond donors (Lipinski definition) is 15. The van der Waals surface area contributed by atoms with Crippen molar-refractivity contribution in [1.29, 1.82) is 0 Å². The number of allylic oxidation sites excluding steroid dienone is 12. The summed E-state index contributed by atoms with van der Waals surface area (Å²) < 4.78 is 23.6. The number of aliphatic hydroxyl groups is 11. The van der Waals surface area contributed by atoms with Crippen LogP contribution in [0.1, 0.15) is 91.9 Å². The molecule has 0 aromatic carbocycles. The highest BCUT2D eigenvalue weighted by molar-refractivity contribution is 5.81. The molecule has 0 spiro atoms. The van der Waals surface area contributed by atoms with Gasteiger partial charge in [-0.2, -0.15) is 0 Å². The smallest absolute Gasteiger partial charge is 0.333 e. The summed E-state index contributed by atoms with van der Waals surface area (Å²) in [6.07, 6.45) is 3.44. The maximum absolute atomic E-state index is 13.1. The van der Waals surface area contributed by atoms with Gasteiger partial charge in [0.2, 0.25) is 5.91 Å². The average molecular weight is 1040 g/mol. The van der Waals surface area contributed by atoms with E-state index in [-0.39, 0.29) is 51.0 Å². The molecule has 0 aromatic rings. The third-order valence-electron chi connectivity index (χ3n) is 12.9. The van der Waals surface area contributed by atoms with Gasteiger partial charge >= 0.3 is 12.0 Å². The molecule has 0 aliphatic carbocycles. The number of hydrazine groups is 1. The Balaban J connectivity index is 1.94. The first kappa shape index (κ1) is 63.1. The molecular weight excluding hydrogens is 957 g/mol. The van der Waals surface area contributed by atoms with Crippen molar-refractivity contribution in [3.63, 3.8) is 0 Å². The molecule has 73 heavy (non-hydrogen) atoms. The lowest BCUT2D eigenvalue weighted by Gasteiger charge is -2.46. The van der Waals surface area contributed by atoms with Crippen LogP contribution in [0.5, 0.6) is 0 Å². The van der Waals surface area contributed by atoms with Gasteiger partial charge in [-0.25, -0.2) is 10.2 Å². The van der Waals surface area contributed by atoms with E-state index < -0.39 is 153 Å². The minimum Gasteiger partial charge on any atom is -0.462 e. The molecule has 0 aromatic heterocycles. The second-order valence-corrected chi connectivity index (χ2v) is 19.2. The van der Waals surface area contributed by atoms with Crippen LogP contribution in [0.4, 0.5) is 4.79 Å². The van der Waals surface area contributed by atoms with Gasteiger partial charge < -0.3 is 86.2 Å². The van der Waals surface area contributed by atoms with Gasteiger partial charge in [0.05, 0.1) is 85.6 Å². The van der Waals surface area contributed by atoms with Gasteiger partial charge in [-0.1, -0.05) is 98.9 Å². The van der Waals surface area contributed by atoms with Crippen LogP contribution >= 0.6 is 0 Å². The fraction of sp³-hybridized carbons (Fsp3) is 0.667. The Hall–Kier alpha value is -4.21. The molecular formula is C51H82N4O18. The van der Waals surface area contributed by atoms with Crippen LogP contribution < -0.4 is 21.9 Å². The Morgan fingerprint density at radius 1 is 0.699 bits per heavy atom. The lowest BCUT2D eigenvalue weighted by molar-refractivity contribution is -0.303. The summed E-state index contributed by atoms with van der Waals surface area (Å²) in [4.78, 5) is 37.9. The van der Waals surface area contributed by atoms with Crippen LogP contribution in [-0.2, 0) is 28.5 Å². The number of nitrogens with one attached hydrogen (secondary N) is 3. The highest BCUT2D eigenvalue weighted by Gasteiger charge is 2.49. The highest BCUT2D eigenvalue weighted by atomic mass is 16.7. The molecule has 0 radical (unpaired) electrons. The average Bonchev–Trinajstić information content (AvgIpc) is 3.32. The molecule has 19 atom stereocenters. The number of urea groups is 1. The van der Waals surface area contributed by atoms with Crippen molar-refractivity contribution in [1.82, 2.24) is 16.2 Å². The minimum absolute atomic E-state index is 0.109. The van der Waals surface area contributed by atoms with Gasteiger partial charge in [0.15, 0.2) is 12.1 Å². The molecule has 2 fully saturated rings. The predicted molar refractivity (Wildman–Crippen MR) is 266 cm³/mol. The van der Waals surface area contributed by atoms with Gasteiger partial charge in [0.25, 0.3) is 0 Å². The van der Waals surface area contributed by atoms with Crippen molar-refractivity contribution >= 4 is 17.9 Å². The monoisotopic (exact) mass is 1040 g/mol. The first-order valence-corrected chi connectivity index (χ1v) is 25.0. The van der Waals surface area contributed by atoms with E-state index in [2.05, 4.69) is 16.2 Å². The number of hydrogen-bond acceptors (Lipinski definition) is 19. The van der Waals surface area contributed by atoms with Crippen LogP contribution in [0, 0.1) is 11.8 Å². The Bertz CT molecular complexity index is 1880. The number of carbonyl (C=O) groups excluding carboxylic acids is 3. The Labute approximate surface area is 427 Å². The van der Waals surface area contributed by atoms with E-state index in [0.717, 1.165) is 0 Å². The second kappa shape index (κ2) is 32.3. The lowest BCUT2D eigenvalue weighted by atomic mass is 9.87. The summed E-state index contributed by atoms with van der Waals surface area (Å²) in [5.41, 5.74) is 10.4. The zero-order valence-electron chi connectivity index (χ0n) is 42.1. The number of carbonyl (C=O) groups is 3. The van der Waals surface area contributed by atoms with Crippen molar-refractivity contribution < 1.29 is 89.5 Å². The molecule has 16 N–H and O–H groups in total. The van der Waals surface area contributed by atoms with Crippen molar-refractivity contribution in [3.05, 3.63) is 85.1 Å². The van der Waals surface area contributed by atoms with Gasteiger partial charge in [0.1, 0.15) is 12.2 Å². The molecule has 2 saturated heterocycles. The summed E-state index contributed by atoms with van der Waals surface area (Å²) in [5.74, 6) is -4.46. The normalized spacial score (nSPS) is 41.6. The maximum atomic E-state index is 13.1. The summed E-state index contributed by atoms with van der Waals surface area (Å²) in [7, 11) is 0. The number of ether oxygens (including phenoxy) is 4. The number of fused-ring (bicyclic) bond motifs is 2. The van der Waals surface area contributed by atoms with Crippen LogP contribution in [0.2, 0.25) is 0 Å².